The third-order valence-electron chi connectivity index (χ3n) is 1.19. The highest BCUT2D eigenvalue weighted by Gasteiger charge is 1.57. The van der Waals surface area contributed by atoms with Crippen LogP contribution in [0.4, 0.5) is 0 Å². The number of nitrogens with two attached hydrogens (primary N) is 1. The zero-order valence-corrected chi connectivity index (χ0v) is 14.7. The first kappa shape index (κ1) is 30.6. The number of hydrogen-bond acceptors (Lipinski definition) is 1. The summed E-state index contributed by atoms with van der Waals surface area (Å²) in [4.78, 5) is 0. The van der Waals surface area contributed by atoms with E-state index in [9.17, 15) is 0 Å². The molecule has 0 radical (unpaired) electrons. The zero-order chi connectivity index (χ0) is 16.4. The molecule has 19 heavy (non-hydrogen) atoms. The number of unbranched alkanes of at least 4 members (excludes halogenated alkanes) is 1. The Balaban J connectivity index is -0.0000000549. The Morgan fingerprint density at radius 2 is 1.00 bits per heavy atom. The highest BCUT2D eigenvalue weighted by Crippen LogP contribution is 1.78. The van der Waals surface area contributed by atoms with Gasteiger partial charge in [-0.05, 0) is 12.3 Å². The van der Waals surface area contributed by atoms with Crippen molar-refractivity contribution < 1.29 is 0 Å². The summed E-state index contributed by atoms with van der Waals surface area (Å²) in [5, 5.41) is 0. The molecule has 0 aromatic rings. The maximum Gasteiger partial charge on any atom is -0.00624 e. The molecule has 0 fully saturated rings. The first-order chi connectivity index (χ1) is 9.33. The van der Waals surface area contributed by atoms with Gasteiger partial charge in [0.2, 0.25) is 0 Å². The summed E-state index contributed by atoms with van der Waals surface area (Å²) < 4.78 is 0. The van der Waals surface area contributed by atoms with Crippen LogP contribution in [-0.4, -0.2) is 0 Å². The molecule has 0 aliphatic heterocycles. The fraction of sp³-hybridized carbons (Fsp3) is 0.556. The average molecular weight is 270 g/mol. The molecule has 0 saturated heterocycles. The van der Waals surface area contributed by atoms with Gasteiger partial charge in [0.05, 0.1) is 0 Å². The van der Waals surface area contributed by atoms with Gasteiger partial charge in [-0.15, -0.1) is 0 Å². The van der Waals surface area contributed by atoms with Gasteiger partial charge in [0, 0.05) is 0 Å². The summed E-state index contributed by atoms with van der Waals surface area (Å²) in [7, 11) is 0. The second-order valence-electron chi connectivity index (χ2n) is 2.39. The van der Waals surface area contributed by atoms with Gasteiger partial charge in [-0.25, -0.2) is 0 Å². The fourth-order valence-electron chi connectivity index (χ4n) is 0.335. The summed E-state index contributed by atoms with van der Waals surface area (Å²) >= 11 is 0. The summed E-state index contributed by atoms with van der Waals surface area (Å²) in [5.74, 6) is 0. The van der Waals surface area contributed by atoms with Crippen molar-refractivity contribution in [2.75, 3.05) is 0 Å². The molecular formula is C18H39N. The molecule has 0 aliphatic rings. The Labute approximate surface area is 124 Å². The maximum absolute atomic E-state index is 5.07. The van der Waals surface area contributed by atoms with Crippen molar-refractivity contribution >= 4 is 0 Å². The van der Waals surface area contributed by atoms with Gasteiger partial charge in [-0.1, -0.05) is 105 Å². The molecule has 0 amide bonds. The van der Waals surface area contributed by atoms with Crippen molar-refractivity contribution in [3.63, 3.8) is 0 Å². The standard InChI is InChI=1S/C8H11N.C4H10.3C2H6/c1-2-3-4-5-6-7-8-9;1-3-4-2;3*1-2/h2-8H,1,9H2;3-4H2,1-2H3;3*1-2H3/b4-3+,6-5-,8-7+;;;;. The molecule has 0 saturated carbocycles. The molecule has 0 spiro atoms. The van der Waals surface area contributed by atoms with Gasteiger partial charge in [0.15, 0.2) is 0 Å². The Morgan fingerprint density at radius 3 is 1.26 bits per heavy atom. The first-order valence-electron chi connectivity index (χ1n) is 7.66. The third kappa shape index (κ3) is 110. The van der Waals surface area contributed by atoms with E-state index in [1.165, 1.54) is 19.0 Å². The van der Waals surface area contributed by atoms with Gasteiger partial charge in [0.1, 0.15) is 0 Å². The predicted octanol–water partition coefficient (Wildman–Crippen LogP) is 6.64. The summed E-state index contributed by atoms with van der Waals surface area (Å²) in [6.45, 7) is 19.9. The van der Waals surface area contributed by atoms with Crippen LogP contribution in [0.15, 0.2) is 49.2 Å². The smallest absolute Gasteiger partial charge is 0.00624 e. The Bertz CT molecular complexity index is 163. The van der Waals surface area contributed by atoms with Crippen molar-refractivity contribution in [1.82, 2.24) is 0 Å². The molecule has 2 N–H and O–H groups in total. The van der Waals surface area contributed by atoms with E-state index in [1.807, 2.05) is 65.8 Å². The summed E-state index contributed by atoms with van der Waals surface area (Å²) in [6.07, 6.45) is 15.1. The van der Waals surface area contributed by atoms with E-state index in [-0.39, 0.29) is 0 Å². The first-order valence-corrected chi connectivity index (χ1v) is 7.66. The molecule has 0 aromatic carbocycles. The van der Waals surface area contributed by atoms with Crippen molar-refractivity contribution in [2.24, 2.45) is 5.73 Å². The largest absolute Gasteiger partial charge is 0.405 e. The zero-order valence-electron chi connectivity index (χ0n) is 14.7. The van der Waals surface area contributed by atoms with Crippen molar-refractivity contribution in [3.8, 4) is 0 Å². The highest BCUT2D eigenvalue weighted by atomic mass is 14.5. The van der Waals surface area contributed by atoms with Crippen LogP contribution < -0.4 is 5.73 Å². The van der Waals surface area contributed by atoms with Gasteiger partial charge < -0.3 is 5.73 Å². The van der Waals surface area contributed by atoms with Crippen LogP contribution in [0.3, 0.4) is 0 Å². The quantitative estimate of drug-likeness (QED) is 0.569. The minimum atomic E-state index is 1.32. The Hall–Kier alpha value is -1.24. The molecule has 0 heterocycles. The van der Waals surface area contributed by atoms with Crippen molar-refractivity contribution in [1.29, 1.82) is 0 Å². The number of rotatable bonds is 4. The third-order valence-corrected chi connectivity index (χ3v) is 1.19. The van der Waals surface area contributed by atoms with E-state index in [1.54, 1.807) is 12.2 Å². The number of hydrogen-bond donors (Lipinski definition) is 1. The second kappa shape index (κ2) is 69.1. The lowest BCUT2D eigenvalue weighted by Gasteiger charge is -1.69. The summed E-state index contributed by atoms with van der Waals surface area (Å²) in [6, 6.07) is 0. The van der Waals surface area contributed by atoms with Crippen LogP contribution in [0, 0.1) is 0 Å². The molecule has 0 aliphatic carbocycles. The average Bonchev–Trinajstić information content (AvgIpc) is 2.53. The molecule has 0 aromatic heterocycles. The van der Waals surface area contributed by atoms with Crippen molar-refractivity contribution in [2.45, 2.75) is 68.2 Å². The van der Waals surface area contributed by atoms with Gasteiger partial charge >= 0.3 is 0 Å². The van der Waals surface area contributed by atoms with Crippen LogP contribution >= 0.6 is 0 Å². The minimum absolute atomic E-state index is 1.32. The number of allylic oxidation sites excluding steroid dienone is 6. The monoisotopic (exact) mass is 269 g/mol. The van der Waals surface area contributed by atoms with E-state index in [4.69, 9.17) is 5.73 Å². The molecular weight excluding hydrogens is 230 g/mol. The molecule has 1 heteroatoms. The normalized spacial score (nSPS) is 8.21. The Morgan fingerprint density at radius 1 is 0.684 bits per heavy atom. The second-order valence-corrected chi connectivity index (χ2v) is 2.39. The van der Waals surface area contributed by atoms with E-state index < -0.39 is 0 Å². The highest BCUT2D eigenvalue weighted by molar-refractivity contribution is 5.13. The van der Waals surface area contributed by atoms with Crippen LogP contribution in [0.5, 0.6) is 0 Å². The molecule has 0 rings (SSSR count). The molecule has 0 atom stereocenters. The van der Waals surface area contributed by atoms with E-state index in [0.29, 0.717) is 0 Å². The molecule has 0 unspecified atom stereocenters. The SMILES string of the molecule is C=C/C=C/C=C\C=C\N.CC.CC.CC.CCCC. The van der Waals surface area contributed by atoms with E-state index in [0.717, 1.165) is 0 Å². The topological polar surface area (TPSA) is 26.0 Å². The van der Waals surface area contributed by atoms with Crippen molar-refractivity contribution in [3.05, 3.63) is 49.2 Å². The minimum Gasteiger partial charge on any atom is -0.405 e. The fourth-order valence-corrected chi connectivity index (χ4v) is 0.335. The van der Waals surface area contributed by atoms with E-state index in [2.05, 4.69) is 20.4 Å². The predicted molar refractivity (Wildman–Crippen MR) is 96.4 cm³/mol. The van der Waals surface area contributed by atoms with Crippen LogP contribution in [0.25, 0.3) is 0 Å². The lowest BCUT2D eigenvalue weighted by molar-refractivity contribution is 0.886. The lowest BCUT2D eigenvalue weighted by atomic mass is 10.4. The van der Waals surface area contributed by atoms with Crippen LogP contribution in [0.2, 0.25) is 0 Å². The molecule has 0 bridgehead atoms. The van der Waals surface area contributed by atoms with Crippen LogP contribution in [0.1, 0.15) is 68.2 Å². The van der Waals surface area contributed by atoms with E-state index >= 15 is 0 Å². The van der Waals surface area contributed by atoms with Gasteiger partial charge in [0.25, 0.3) is 0 Å². The Kier molecular flexibility index (Phi) is 111. The maximum atomic E-state index is 5.07. The van der Waals surface area contributed by atoms with Crippen LogP contribution in [-0.2, 0) is 0 Å². The summed E-state index contributed by atoms with van der Waals surface area (Å²) in [5.41, 5.74) is 5.07. The van der Waals surface area contributed by atoms with Gasteiger partial charge in [-0.3, -0.25) is 0 Å². The van der Waals surface area contributed by atoms with Gasteiger partial charge in [-0.2, -0.15) is 0 Å². The molecule has 116 valence electrons. The molecule has 1 nitrogen and oxygen atoms in total. The lowest BCUT2D eigenvalue weighted by Crippen LogP contribution is -1.71.